The topological polar surface area (TPSA) is 97.7 Å². The van der Waals surface area contributed by atoms with Crippen molar-refractivity contribution in [2.45, 2.75) is 13.3 Å². The summed E-state index contributed by atoms with van der Waals surface area (Å²) < 4.78 is 5.99. The van der Waals surface area contributed by atoms with Gasteiger partial charge >= 0.3 is 0 Å². The number of carbonyl (C=O) groups excluding carboxylic acids is 1. The number of nitro groups is 1. The molecule has 3 aromatic rings. The Bertz CT molecular complexity index is 1280. The summed E-state index contributed by atoms with van der Waals surface area (Å²) in [5.74, 6) is 0.537. The van der Waals surface area contributed by atoms with Crippen molar-refractivity contribution in [3.8, 4) is 11.3 Å². The molecule has 1 saturated heterocycles. The summed E-state index contributed by atoms with van der Waals surface area (Å²) in [5, 5.41) is 14.7. The maximum atomic E-state index is 12.3. The number of hydrogen-bond acceptors (Lipinski definition) is 6. The van der Waals surface area contributed by atoms with Crippen molar-refractivity contribution < 1.29 is 14.1 Å². The van der Waals surface area contributed by atoms with Gasteiger partial charge in [0.2, 0.25) is 0 Å². The number of furan rings is 1. The number of thioether (sulfide) groups is 1. The molecule has 162 valence electrons. The maximum Gasteiger partial charge on any atom is 0.285 e. The van der Waals surface area contributed by atoms with Gasteiger partial charge in [0.05, 0.1) is 20.5 Å². The van der Waals surface area contributed by atoms with Crippen LogP contribution in [0.2, 0.25) is 5.02 Å². The molecule has 0 radical (unpaired) electrons. The fourth-order valence-electron chi connectivity index (χ4n) is 2.97. The lowest BCUT2D eigenvalue weighted by atomic mass is 10.1. The van der Waals surface area contributed by atoms with Gasteiger partial charge in [-0.05, 0) is 70.0 Å². The second-order valence-electron chi connectivity index (χ2n) is 6.75. The molecule has 1 amide bonds. The number of aliphatic imine (C=N–C) groups is 1. The zero-order valence-electron chi connectivity index (χ0n) is 16.6. The van der Waals surface area contributed by atoms with E-state index in [2.05, 4.69) is 33.2 Å². The monoisotopic (exact) mass is 531 g/mol. The van der Waals surface area contributed by atoms with E-state index < -0.39 is 4.92 Å². The summed E-state index contributed by atoms with van der Waals surface area (Å²) in [6.07, 6.45) is 2.54. The zero-order chi connectivity index (χ0) is 22.8. The number of nitrogens with zero attached hydrogens (tertiary/aromatic N) is 2. The molecule has 32 heavy (non-hydrogen) atoms. The van der Waals surface area contributed by atoms with Crippen LogP contribution in [0.3, 0.4) is 0 Å². The predicted octanol–water partition coefficient (Wildman–Crippen LogP) is 6.72. The lowest BCUT2D eigenvalue weighted by Gasteiger charge is -2.02. The largest absolute Gasteiger partial charge is 0.457 e. The van der Waals surface area contributed by atoms with Gasteiger partial charge in [-0.15, -0.1) is 0 Å². The van der Waals surface area contributed by atoms with Crippen LogP contribution in [0, 0.1) is 10.1 Å². The van der Waals surface area contributed by atoms with Gasteiger partial charge in [-0.2, -0.15) is 0 Å². The normalized spacial score (nSPS) is 16.0. The van der Waals surface area contributed by atoms with Crippen LogP contribution >= 0.6 is 39.3 Å². The number of nitrogens with one attached hydrogen (secondary N) is 1. The first-order chi connectivity index (χ1) is 15.3. The first-order valence-electron chi connectivity index (χ1n) is 9.46. The first kappa shape index (κ1) is 22.3. The summed E-state index contributed by atoms with van der Waals surface area (Å²) in [4.78, 5) is 27.9. The van der Waals surface area contributed by atoms with E-state index in [0.717, 1.165) is 12.1 Å². The fraction of sp³-hybridized carbons (Fsp3) is 0.0909. The highest BCUT2D eigenvalue weighted by molar-refractivity contribution is 9.10. The van der Waals surface area contributed by atoms with E-state index in [9.17, 15) is 14.9 Å². The highest BCUT2D eigenvalue weighted by Crippen LogP contribution is 2.38. The Labute approximate surface area is 200 Å². The molecule has 2 heterocycles. The van der Waals surface area contributed by atoms with Crippen LogP contribution in [0.15, 0.2) is 67.3 Å². The number of carbonyl (C=O) groups is 1. The van der Waals surface area contributed by atoms with E-state index in [-0.39, 0.29) is 21.1 Å². The lowest BCUT2D eigenvalue weighted by molar-refractivity contribution is -0.385. The number of nitro benzene ring substituents is 1. The molecule has 7 nitrogen and oxygen atoms in total. The van der Waals surface area contributed by atoms with Gasteiger partial charge in [0.1, 0.15) is 16.0 Å². The molecular weight excluding hydrogens is 518 g/mol. The molecule has 1 fully saturated rings. The molecular formula is C22H15BrClN3O4S. The van der Waals surface area contributed by atoms with Gasteiger partial charge in [0.15, 0.2) is 5.17 Å². The Morgan fingerprint density at radius 3 is 2.69 bits per heavy atom. The number of hydrogen-bond donors (Lipinski definition) is 1. The average Bonchev–Trinajstić information content (AvgIpc) is 3.37. The van der Waals surface area contributed by atoms with Crippen LogP contribution < -0.4 is 5.32 Å². The molecule has 2 aromatic carbocycles. The average molecular weight is 533 g/mol. The molecule has 0 atom stereocenters. The third-order valence-corrected chi connectivity index (χ3v) is 6.89. The van der Waals surface area contributed by atoms with Crippen LogP contribution in [0.5, 0.6) is 0 Å². The van der Waals surface area contributed by atoms with Crippen molar-refractivity contribution >= 4 is 67.8 Å². The van der Waals surface area contributed by atoms with E-state index in [0.29, 0.717) is 27.2 Å². The van der Waals surface area contributed by atoms with Crippen molar-refractivity contribution in [2.75, 3.05) is 0 Å². The molecule has 1 aromatic heterocycles. The highest BCUT2D eigenvalue weighted by atomic mass is 79.9. The molecule has 4 rings (SSSR count). The van der Waals surface area contributed by atoms with Crippen molar-refractivity contribution in [1.82, 2.24) is 5.32 Å². The maximum absolute atomic E-state index is 12.3. The molecule has 0 saturated carbocycles. The molecule has 0 spiro atoms. The summed E-state index contributed by atoms with van der Waals surface area (Å²) >= 11 is 10.4. The second-order valence-corrected chi connectivity index (χ2v) is 8.98. The van der Waals surface area contributed by atoms with Crippen LogP contribution in [0.4, 0.5) is 11.4 Å². The lowest BCUT2D eigenvalue weighted by Crippen LogP contribution is -2.19. The standard InChI is InChI=1S/C22H15BrClN3O4S/c1-2-12-3-5-14(6-4-12)25-22-26-21(28)19(32-22)11-15-7-8-18(31-15)13-9-16(24)20(23)17(10-13)27(29)30/h3-11H,2H2,1H3,(H,25,26,28)/b19-11-. The van der Waals surface area contributed by atoms with Gasteiger partial charge in [-0.3, -0.25) is 14.9 Å². The van der Waals surface area contributed by atoms with Crippen LogP contribution in [0.1, 0.15) is 18.2 Å². The minimum atomic E-state index is -0.526. The SMILES string of the molecule is CCc1ccc(N=C2NC(=O)/C(=C/c3ccc(-c4cc(Cl)c(Br)c([N+](=O)[O-])c4)o3)S2)cc1. The summed E-state index contributed by atoms with van der Waals surface area (Å²) in [6, 6.07) is 14.1. The summed E-state index contributed by atoms with van der Waals surface area (Å²) in [7, 11) is 0. The number of rotatable bonds is 5. The minimum Gasteiger partial charge on any atom is -0.457 e. The Morgan fingerprint density at radius 2 is 2.00 bits per heavy atom. The van der Waals surface area contributed by atoms with Gasteiger partial charge < -0.3 is 9.73 Å². The zero-order valence-corrected chi connectivity index (χ0v) is 19.8. The Kier molecular flexibility index (Phi) is 6.50. The van der Waals surface area contributed by atoms with E-state index in [1.807, 2.05) is 24.3 Å². The minimum absolute atomic E-state index is 0.164. The third-order valence-electron chi connectivity index (χ3n) is 4.62. The molecule has 10 heteroatoms. The Morgan fingerprint density at radius 1 is 1.25 bits per heavy atom. The number of amides is 1. The Balaban J connectivity index is 1.56. The van der Waals surface area contributed by atoms with Gasteiger partial charge in [0.25, 0.3) is 11.6 Å². The number of halogens is 2. The Hall–Kier alpha value is -2.88. The van der Waals surface area contributed by atoms with E-state index >= 15 is 0 Å². The summed E-state index contributed by atoms with van der Waals surface area (Å²) in [6.45, 7) is 2.08. The van der Waals surface area contributed by atoms with E-state index in [1.165, 1.54) is 23.4 Å². The third kappa shape index (κ3) is 4.79. The number of benzene rings is 2. The van der Waals surface area contributed by atoms with Crippen LogP contribution in [-0.4, -0.2) is 16.0 Å². The quantitative estimate of drug-likeness (QED) is 0.223. The van der Waals surface area contributed by atoms with Gasteiger partial charge in [-0.25, -0.2) is 4.99 Å². The number of aryl methyl sites for hydroxylation is 1. The van der Waals surface area contributed by atoms with E-state index in [1.54, 1.807) is 24.3 Å². The number of amidine groups is 1. The van der Waals surface area contributed by atoms with Gasteiger partial charge in [-0.1, -0.05) is 30.7 Å². The van der Waals surface area contributed by atoms with Crippen LogP contribution in [0.25, 0.3) is 17.4 Å². The van der Waals surface area contributed by atoms with Crippen molar-refractivity contribution in [3.05, 3.63) is 84.4 Å². The molecule has 1 aliphatic rings. The van der Waals surface area contributed by atoms with E-state index in [4.69, 9.17) is 16.0 Å². The van der Waals surface area contributed by atoms with Gasteiger partial charge in [0, 0.05) is 17.7 Å². The van der Waals surface area contributed by atoms with Crippen LogP contribution in [-0.2, 0) is 11.2 Å². The first-order valence-corrected chi connectivity index (χ1v) is 11.4. The fourth-order valence-corrected chi connectivity index (χ4v) is 4.38. The highest BCUT2D eigenvalue weighted by Gasteiger charge is 2.25. The van der Waals surface area contributed by atoms with Crippen molar-refractivity contribution in [1.29, 1.82) is 0 Å². The molecule has 0 bridgehead atoms. The molecule has 1 aliphatic heterocycles. The van der Waals surface area contributed by atoms with Crippen molar-refractivity contribution in [2.24, 2.45) is 4.99 Å². The van der Waals surface area contributed by atoms with Crippen molar-refractivity contribution in [3.63, 3.8) is 0 Å². The predicted molar refractivity (Wildman–Crippen MR) is 130 cm³/mol. The molecule has 0 aliphatic carbocycles. The second kappa shape index (κ2) is 9.32. The smallest absolute Gasteiger partial charge is 0.285 e. The summed E-state index contributed by atoms with van der Waals surface area (Å²) in [5.41, 5.74) is 2.25. The molecule has 1 N–H and O–H groups in total. The molecule has 0 unspecified atom stereocenters.